The highest BCUT2D eigenvalue weighted by Gasteiger charge is 2.26. The summed E-state index contributed by atoms with van der Waals surface area (Å²) in [5.74, 6) is 0.805. The monoisotopic (exact) mass is 252 g/mol. The molecule has 1 aliphatic carbocycles. The minimum atomic E-state index is -0.215. The molecule has 2 amide bonds. The third-order valence-corrected chi connectivity index (χ3v) is 4.49. The molecular formula is C14H24N2O2. The molecule has 2 fully saturated rings. The van der Waals surface area contributed by atoms with Gasteiger partial charge in [0.15, 0.2) is 0 Å². The van der Waals surface area contributed by atoms with Gasteiger partial charge >= 0.3 is 0 Å². The Hall–Kier alpha value is -1.06. The number of piperidine rings is 1. The molecule has 4 nitrogen and oxygen atoms in total. The third kappa shape index (κ3) is 3.47. The first-order chi connectivity index (χ1) is 8.66. The highest BCUT2D eigenvalue weighted by atomic mass is 16.2. The molecule has 1 aliphatic heterocycles. The lowest BCUT2D eigenvalue weighted by molar-refractivity contribution is -0.135. The first-order valence-corrected chi connectivity index (χ1v) is 7.24. The summed E-state index contributed by atoms with van der Waals surface area (Å²) >= 11 is 0. The molecule has 1 saturated carbocycles. The number of nitrogens with two attached hydrogens (primary N) is 1. The number of likely N-dealkylation sites (tertiary alicyclic amines) is 1. The Kier molecular flexibility index (Phi) is 4.61. The molecule has 0 unspecified atom stereocenters. The number of hydrogen-bond donors (Lipinski definition) is 1. The van der Waals surface area contributed by atoms with Crippen LogP contribution in [0.3, 0.4) is 0 Å². The molecule has 2 rings (SSSR count). The molecule has 1 saturated heterocycles. The number of rotatable bonds is 4. The van der Waals surface area contributed by atoms with Gasteiger partial charge in [0.1, 0.15) is 0 Å². The van der Waals surface area contributed by atoms with Crippen LogP contribution in [0.5, 0.6) is 0 Å². The molecule has 0 aromatic heterocycles. The molecule has 0 bridgehead atoms. The van der Waals surface area contributed by atoms with Gasteiger partial charge in [-0.1, -0.05) is 25.7 Å². The van der Waals surface area contributed by atoms with Crippen LogP contribution in [0.4, 0.5) is 0 Å². The van der Waals surface area contributed by atoms with E-state index in [9.17, 15) is 9.59 Å². The van der Waals surface area contributed by atoms with E-state index in [-0.39, 0.29) is 17.7 Å². The van der Waals surface area contributed by atoms with E-state index in [1.165, 1.54) is 25.7 Å². The second-order valence-electron chi connectivity index (χ2n) is 5.75. The van der Waals surface area contributed by atoms with E-state index in [1.807, 2.05) is 4.90 Å². The second-order valence-corrected chi connectivity index (χ2v) is 5.75. The Morgan fingerprint density at radius 1 is 1.06 bits per heavy atom. The molecule has 0 aromatic rings. The van der Waals surface area contributed by atoms with Crippen molar-refractivity contribution in [3.8, 4) is 0 Å². The van der Waals surface area contributed by atoms with Crippen LogP contribution in [0.15, 0.2) is 0 Å². The van der Waals surface area contributed by atoms with Crippen molar-refractivity contribution in [1.29, 1.82) is 0 Å². The van der Waals surface area contributed by atoms with Crippen molar-refractivity contribution in [1.82, 2.24) is 4.90 Å². The van der Waals surface area contributed by atoms with Gasteiger partial charge in [0.2, 0.25) is 11.8 Å². The maximum Gasteiger partial charge on any atom is 0.222 e. The zero-order valence-corrected chi connectivity index (χ0v) is 11.1. The third-order valence-electron chi connectivity index (χ3n) is 4.49. The predicted octanol–water partition coefficient (Wildman–Crippen LogP) is 1.68. The van der Waals surface area contributed by atoms with E-state index in [4.69, 9.17) is 5.73 Å². The Bertz CT molecular complexity index is 303. The van der Waals surface area contributed by atoms with Crippen molar-refractivity contribution in [3.05, 3.63) is 0 Å². The fourth-order valence-corrected chi connectivity index (χ4v) is 3.20. The van der Waals surface area contributed by atoms with Gasteiger partial charge in [0.25, 0.3) is 0 Å². The largest absolute Gasteiger partial charge is 0.369 e. The van der Waals surface area contributed by atoms with E-state index in [0.29, 0.717) is 19.5 Å². The van der Waals surface area contributed by atoms with Crippen molar-refractivity contribution in [3.63, 3.8) is 0 Å². The Morgan fingerprint density at radius 2 is 1.67 bits per heavy atom. The SMILES string of the molecule is NC(=O)C1CCN(C(=O)CCC2CCCC2)CC1. The summed E-state index contributed by atoms with van der Waals surface area (Å²) in [5, 5.41) is 0. The summed E-state index contributed by atoms with van der Waals surface area (Å²) in [7, 11) is 0. The van der Waals surface area contributed by atoms with Crippen molar-refractivity contribution in [2.45, 2.75) is 51.4 Å². The van der Waals surface area contributed by atoms with Gasteiger partial charge in [-0.15, -0.1) is 0 Å². The summed E-state index contributed by atoms with van der Waals surface area (Å²) in [4.78, 5) is 25.0. The topological polar surface area (TPSA) is 63.4 Å². The lowest BCUT2D eigenvalue weighted by Gasteiger charge is -2.30. The maximum absolute atomic E-state index is 12.0. The first-order valence-electron chi connectivity index (χ1n) is 7.24. The van der Waals surface area contributed by atoms with Gasteiger partial charge in [-0.25, -0.2) is 0 Å². The average Bonchev–Trinajstić information content (AvgIpc) is 2.89. The van der Waals surface area contributed by atoms with Crippen molar-refractivity contribution >= 4 is 11.8 Å². The Labute approximate surface area is 109 Å². The highest BCUT2D eigenvalue weighted by Crippen LogP contribution is 2.29. The molecule has 102 valence electrons. The van der Waals surface area contributed by atoms with E-state index in [1.54, 1.807) is 0 Å². The fraction of sp³-hybridized carbons (Fsp3) is 0.857. The first kappa shape index (κ1) is 13.4. The van der Waals surface area contributed by atoms with E-state index >= 15 is 0 Å². The summed E-state index contributed by atoms with van der Waals surface area (Å²) < 4.78 is 0. The van der Waals surface area contributed by atoms with Crippen LogP contribution < -0.4 is 5.73 Å². The summed E-state index contributed by atoms with van der Waals surface area (Å²) in [6.07, 6.45) is 8.50. The minimum absolute atomic E-state index is 0.0242. The number of nitrogens with zero attached hydrogens (tertiary/aromatic N) is 1. The van der Waals surface area contributed by atoms with Crippen molar-refractivity contribution in [2.75, 3.05) is 13.1 Å². The van der Waals surface area contributed by atoms with Gasteiger partial charge in [-0.05, 0) is 25.2 Å². The molecule has 0 radical (unpaired) electrons. The zero-order chi connectivity index (χ0) is 13.0. The van der Waals surface area contributed by atoms with Gasteiger partial charge in [0.05, 0.1) is 0 Å². The van der Waals surface area contributed by atoms with Crippen LogP contribution in [0.25, 0.3) is 0 Å². The van der Waals surface area contributed by atoms with E-state index in [0.717, 1.165) is 25.2 Å². The lowest BCUT2D eigenvalue weighted by Crippen LogP contribution is -2.41. The van der Waals surface area contributed by atoms with E-state index in [2.05, 4.69) is 0 Å². The molecule has 2 aliphatic rings. The molecule has 2 N–H and O–H groups in total. The summed E-state index contributed by atoms with van der Waals surface area (Å²) in [6, 6.07) is 0. The normalized spacial score (nSPS) is 22.3. The molecule has 0 atom stereocenters. The Balaban J connectivity index is 1.68. The fourth-order valence-electron chi connectivity index (χ4n) is 3.20. The summed E-state index contributed by atoms with van der Waals surface area (Å²) in [6.45, 7) is 1.41. The van der Waals surface area contributed by atoms with Gasteiger partial charge in [-0.2, -0.15) is 0 Å². The van der Waals surface area contributed by atoms with Crippen molar-refractivity contribution < 1.29 is 9.59 Å². The standard InChI is InChI=1S/C14H24N2O2/c15-14(18)12-7-9-16(10-8-12)13(17)6-5-11-3-1-2-4-11/h11-12H,1-10H2,(H2,15,18). The second kappa shape index (κ2) is 6.21. The lowest BCUT2D eigenvalue weighted by atomic mass is 9.95. The quantitative estimate of drug-likeness (QED) is 0.827. The maximum atomic E-state index is 12.0. The number of amides is 2. The van der Waals surface area contributed by atoms with Gasteiger partial charge in [-0.3, -0.25) is 9.59 Å². The molecular weight excluding hydrogens is 228 g/mol. The van der Waals surface area contributed by atoms with Gasteiger partial charge in [0, 0.05) is 25.4 Å². The zero-order valence-electron chi connectivity index (χ0n) is 11.1. The predicted molar refractivity (Wildman–Crippen MR) is 69.7 cm³/mol. The number of hydrogen-bond acceptors (Lipinski definition) is 2. The molecule has 0 aromatic carbocycles. The van der Waals surface area contributed by atoms with Crippen LogP contribution >= 0.6 is 0 Å². The molecule has 1 heterocycles. The molecule has 0 spiro atoms. The van der Waals surface area contributed by atoms with Gasteiger partial charge < -0.3 is 10.6 Å². The summed E-state index contributed by atoms with van der Waals surface area (Å²) in [5.41, 5.74) is 5.29. The number of primary amides is 1. The van der Waals surface area contributed by atoms with Crippen LogP contribution in [0.2, 0.25) is 0 Å². The van der Waals surface area contributed by atoms with Crippen molar-refractivity contribution in [2.24, 2.45) is 17.6 Å². The highest BCUT2D eigenvalue weighted by molar-refractivity contribution is 5.78. The van der Waals surface area contributed by atoms with Crippen LogP contribution in [0, 0.1) is 11.8 Å². The van der Waals surface area contributed by atoms with Crippen LogP contribution in [0.1, 0.15) is 51.4 Å². The van der Waals surface area contributed by atoms with Crippen LogP contribution in [-0.2, 0) is 9.59 Å². The molecule has 4 heteroatoms. The average molecular weight is 252 g/mol. The van der Waals surface area contributed by atoms with Crippen LogP contribution in [-0.4, -0.2) is 29.8 Å². The Morgan fingerprint density at radius 3 is 2.22 bits per heavy atom. The van der Waals surface area contributed by atoms with E-state index < -0.39 is 0 Å². The number of carbonyl (C=O) groups is 2. The number of carbonyl (C=O) groups excluding carboxylic acids is 2. The minimum Gasteiger partial charge on any atom is -0.369 e. The molecule has 18 heavy (non-hydrogen) atoms. The smallest absolute Gasteiger partial charge is 0.222 e.